The first-order valence-electron chi connectivity index (χ1n) is 10.3. The molecule has 1 saturated heterocycles. The highest BCUT2D eigenvalue weighted by Gasteiger charge is 2.15. The van der Waals surface area contributed by atoms with E-state index in [-0.39, 0.29) is 12.5 Å². The fraction of sp³-hybridized carbons (Fsp3) is 0.435. The number of carbonyl (C=O) groups is 1. The fourth-order valence-electron chi connectivity index (χ4n) is 3.59. The number of nitrogens with one attached hydrogen (secondary N) is 2. The summed E-state index contributed by atoms with van der Waals surface area (Å²) >= 11 is 0. The molecule has 5 nitrogen and oxygen atoms in total. The maximum atomic E-state index is 12.2. The molecule has 0 spiro atoms. The standard InChI is InChI=1S/C23H30N2O3/c1-2-27-21-10-12-22(13-11-21)28-18-23(26)24-16-19-8-4-5-9-20(19)17-25-14-6-3-7-15-25/h4-5,8-13H,2-3,6-7,14-18H2,1H3,(H,24,26)/p+1. The number of rotatable bonds is 9. The van der Waals surface area contributed by atoms with Gasteiger partial charge in [0.1, 0.15) is 18.0 Å². The van der Waals surface area contributed by atoms with Crippen LogP contribution in [0.25, 0.3) is 0 Å². The van der Waals surface area contributed by atoms with E-state index in [4.69, 9.17) is 9.47 Å². The Morgan fingerprint density at radius 2 is 1.57 bits per heavy atom. The van der Waals surface area contributed by atoms with Gasteiger partial charge < -0.3 is 19.7 Å². The largest absolute Gasteiger partial charge is 0.494 e. The molecule has 1 aliphatic heterocycles. The fourth-order valence-corrected chi connectivity index (χ4v) is 3.59. The summed E-state index contributed by atoms with van der Waals surface area (Å²) in [6.45, 7) is 6.65. The van der Waals surface area contributed by atoms with Crippen molar-refractivity contribution >= 4 is 5.91 Å². The summed E-state index contributed by atoms with van der Waals surface area (Å²) in [6, 6.07) is 15.7. The van der Waals surface area contributed by atoms with Crippen molar-refractivity contribution in [2.75, 3.05) is 26.3 Å². The second kappa shape index (κ2) is 10.7. The number of piperidine rings is 1. The van der Waals surface area contributed by atoms with Crippen molar-refractivity contribution in [1.29, 1.82) is 0 Å². The van der Waals surface area contributed by atoms with Gasteiger partial charge in [-0.1, -0.05) is 24.3 Å². The smallest absolute Gasteiger partial charge is 0.258 e. The third-order valence-corrected chi connectivity index (χ3v) is 5.10. The minimum Gasteiger partial charge on any atom is -0.494 e. The zero-order chi connectivity index (χ0) is 19.6. The maximum absolute atomic E-state index is 12.2. The van der Waals surface area contributed by atoms with Crippen LogP contribution in [0.3, 0.4) is 0 Å². The van der Waals surface area contributed by atoms with Crippen LogP contribution in [0.5, 0.6) is 11.5 Å². The molecule has 0 unspecified atom stereocenters. The van der Waals surface area contributed by atoms with Gasteiger partial charge in [-0.15, -0.1) is 0 Å². The van der Waals surface area contributed by atoms with Crippen molar-refractivity contribution in [3.63, 3.8) is 0 Å². The molecule has 2 N–H and O–H groups in total. The van der Waals surface area contributed by atoms with Gasteiger partial charge in [0, 0.05) is 12.1 Å². The summed E-state index contributed by atoms with van der Waals surface area (Å²) in [7, 11) is 0. The average Bonchev–Trinajstić information content (AvgIpc) is 2.73. The predicted octanol–water partition coefficient (Wildman–Crippen LogP) is 2.35. The van der Waals surface area contributed by atoms with Crippen LogP contribution in [-0.2, 0) is 17.9 Å². The highest BCUT2D eigenvalue weighted by molar-refractivity contribution is 5.77. The minimum absolute atomic E-state index is 0.00746. The van der Waals surface area contributed by atoms with Gasteiger partial charge in [0.05, 0.1) is 19.7 Å². The summed E-state index contributed by atoms with van der Waals surface area (Å²) in [5.41, 5.74) is 2.52. The molecule has 0 saturated carbocycles. The molecule has 1 aliphatic rings. The summed E-state index contributed by atoms with van der Waals surface area (Å²) in [6.07, 6.45) is 3.99. The third kappa shape index (κ3) is 6.27. The second-order valence-electron chi connectivity index (χ2n) is 7.23. The Morgan fingerprint density at radius 1 is 0.929 bits per heavy atom. The maximum Gasteiger partial charge on any atom is 0.258 e. The summed E-state index contributed by atoms with van der Waals surface area (Å²) in [5.74, 6) is 1.34. The van der Waals surface area contributed by atoms with E-state index in [1.165, 1.54) is 43.5 Å². The molecule has 3 rings (SSSR count). The van der Waals surface area contributed by atoms with Crippen LogP contribution in [0.4, 0.5) is 0 Å². The molecule has 0 aliphatic carbocycles. The topological polar surface area (TPSA) is 52.0 Å². The van der Waals surface area contributed by atoms with Crippen molar-refractivity contribution < 1.29 is 19.2 Å². The van der Waals surface area contributed by atoms with Crippen molar-refractivity contribution in [2.45, 2.75) is 39.3 Å². The number of likely N-dealkylation sites (tertiary alicyclic amines) is 1. The van der Waals surface area contributed by atoms with Gasteiger partial charge in [-0.3, -0.25) is 4.79 Å². The normalized spacial score (nSPS) is 14.5. The van der Waals surface area contributed by atoms with E-state index in [9.17, 15) is 4.79 Å². The van der Waals surface area contributed by atoms with Crippen LogP contribution < -0.4 is 19.7 Å². The van der Waals surface area contributed by atoms with E-state index < -0.39 is 0 Å². The Bertz CT molecular complexity index is 740. The Morgan fingerprint density at radius 3 is 2.25 bits per heavy atom. The number of quaternary nitrogens is 1. The van der Waals surface area contributed by atoms with E-state index >= 15 is 0 Å². The molecule has 28 heavy (non-hydrogen) atoms. The highest BCUT2D eigenvalue weighted by atomic mass is 16.5. The summed E-state index contributed by atoms with van der Waals surface area (Å²) < 4.78 is 11.0. The SMILES string of the molecule is CCOc1ccc(OCC(=O)NCc2ccccc2C[NH+]2CCCCC2)cc1. The summed E-state index contributed by atoms with van der Waals surface area (Å²) in [5, 5.41) is 2.98. The van der Waals surface area contributed by atoms with Gasteiger partial charge in [-0.2, -0.15) is 0 Å². The summed E-state index contributed by atoms with van der Waals surface area (Å²) in [4.78, 5) is 13.8. The first-order chi connectivity index (χ1) is 13.7. The zero-order valence-corrected chi connectivity index (χ0v) is 16.7. The van der Waals surface area contributed by atoms with Gasteiger partial charge in [-0.05, 0) is 56.0 Å². The first-order valence-corrected chi connectivity index (χ1v) is 10.3. The highest BCUT2D eigenvalue weighted by Crippen LogP contribution is 2.17. The number of ether oxygens (including phenoxy) is 2. The molecule has 0 radical (unpaired) electrons. The van der Waals surface area contributed by atoms with Crippen molar-refractivity contribution in [3.8, 4) is 11.5 Å². The Kier molecular flexibility index (Phi) is 7.73. The second-order valence-corrected chi connectivity index (χ2v) is 7.23. The van der Waals surface area contributed by atoms with Crippen LogP contribution in [0.2, 0.25) is 0 Å². The van der Waals surface area contributed by atoms with Crippen LogP contribution in [0.15, 0.2) is 48.5 Å². The lowest BCUT2D eigenvalue weighted by atomic mass is 10.0. The molecule has 2 aromatic rings. The molecule has 150 valence electrons. The van der Waals surface area contributed by atoms with Crippen LogP contribution in [0, 0.1) is 0 Å². The van der Waals surface area contributed by atoms with E-state index in [1.807, 2.05) is 37.3 Å². The number of carbonyl (C=O) groups excluding carboxylic acids is 1. The van der Waals surface area contributed by atoms with E-state index in [0.717, 1.165) is 12.3 Å². The first kappa shape index (κ1) is 20.2. The molecule has 1 amide bonds. The Labute approximate surface area is 167 Å². The third-order valence-electron chi connectivity index (χ3n) is 5.10. The van der Waals surface area contributed by atoms with Gasteiger partial charge in [0.2, 0.25) is 0 Å². The van der Waals surface area contributed by atoms with E-state index in [2.05, 4.69) is 23.5 Å². The number of hydrogen-bond donors (Lipinski definition) is 2. The van der Waals surface area contributed by atoms with Crippen LogP contribution >= 0.6 is 0 Å². The van der Waals surface area contributed by atoms with Gasteiger partial charge >= 0.3 is 0 Å². The quantitative estimate of drug-likeness (QED) is 0.699. The molecule has 5 heteroatoms. The van der Waals surface area contributed by atoms with E-state index in [1.54, 1.807) is 4.90 Å². The van der Waals surface area contributed by atoms with Crippen molar-refractivity contribution in [1.82, 2.24) is 5.32 Å². The van der Waals surface area contributed by atoms with Crippen LogP contribution in [0.1, 0.15) is 37.3 Å². The molecular weight excluding hydrogens is 352 g/mol. The number of benzene rings is 2. The number of amides is 1. The van der Waals surface area contributed by atoms with Gasteiger partial charge in [0.15, 0.2) is 6.61 Å². The molecule has 2 aromatic carbocycles. The van der Waals surface area contributed by atoms with Crippen LogP contribution in [-0.4, -0.2) is 32.2 Å². The zero-order valence-electron chi connectivity index (χ0n) is 16.7. The Hall–Kier alpha value is -2.53. The lowest BCUT2D eigenvalue weighted by molar-refractivity contribution is -0.918. The molecule has 1 heterocycles. The molecule has 0 aromatic heterocycles. The van der Waals surface area contributed by atoms with Crippen molar-refractivity contribution in [2.24, 2.45) is 0 Å². The lowest BCUT2D eigenvalue weighted by Crippen LogP contribution is -3.11. The molecule has 0 atom stereocenters. The predicted molar refractivity (Wildman–Crippen MR) is 110 cm³/mol. The molecule has 0 bridgehead atoms. The number of hydrogen-bond acceptors (Lipinski definition) is 3. The molecular formula is C23H31N2O3+. The monoisotopic (exact) mass is 383 g/mol. The minimum atomic E-state index is -0.117. The Balaban J connectivity index is 1.46. The van der Waals surface area contributed by atoms with Gasteiger partial charge in [-0.25, -0.2) is 0 Å². The van der Waals surface area contributed by atoms with Crippen molar-refractivity contribution in [3.05, 3.63) is 59.7 Å². The average molecular weight is 384 g/mol. The van der Waals surface area contributed by atoms with Gasteiger partial charge in [0.25, 0.3) is 5.91 Å². The van der Waals surface area contributed by atoms with E-state index in [0.29, 0.717) is 18.9 Å². The lowest BCUT2D eigenvalue weighted by Gasteiger charge is -2.24. The molecule has 1 fully saturated rings.